The van der Waals surface area contributed by atoms with Gasteiger partial charge in [0.15, 0.2) is 0 Å². The van der Waals surface area contributed by atoms with E-state index in [1.807, 2.05) is 13.0 Å². The summed E-state index contributed by atoms with van der Waals surface area (Å²) in [6.45, 7) is 5.44. The molecule has 3 nitrogen and oxygen atoms in total. The van der Waals surface area contributed by atoms with Crippen molar-refractivity contribution in [2.75, 3.05) is 19.7 Å². The van der Waals surface area contributed by atoms with Gasteiger partial charge in [0.2, 0.25) is 0 Å². The van der Waals surface area contributed by atoms with Crippen LogP contribution in [0.5, 0.6) is 0 Å². The third-order valence-corrected chi connectivity index (χ3v) is 5.43. The van der Waals surface area contributed by atoms with Crippen LogP contribution in [-0.4, -0.2) is 36.7 Å². The lowest BCUT2D eigenvalue weighted by Crippen LogP contribution is -2.49. The largest absolute Gasteiger partial charge is 0.374 e. The molecule has 2 aromatic rings. The second kappa shape index (κ2) is 6.00. The van der Waals surface area contributed by atoms with Crippen molar-refractivity contribution in [3.8, 4) is 0 Å². The van der Waals surface area contributed by atoms with E-state index in [4.69, 9.17) is 22.1 Å². The van der Waals surface area contributed by atoms with Crippen molar-refractivity contribution in [1.82, 2.24) is 4.90 Å². The van der Waals surface area contributed by atoms with E-state index in [0.29, 0.717) is 0 Å². The monoisotopic (exact) mass is 310 g/mol. The van der Waals surface area contributed by atoms with Gasteiger partial charge in [-0.1, -0.05) is 29.8 Å². The molecule has 2 N–H and O–H groups in total. The number of halogens is 1. The number of rotatable bonds is 3. The number of thiophene rings is 1. The quantitative estimate of drug-likeness (QED) is 0.946. The van der Waals surface area contributed by atoms with Crippen molar-refractivity contribution < 1.29 is 4.74 Å². The Morgan fingerprint density at radius 1 is 1.50 bits per heavy atom. The third kappa shape index (κ3) is 2.85. The zero-order valence-electron chi connectivity index (χ0n) is 11.5. The van der Waals surface area contributed by atoms with Crippen LogP contribution in [0.15, 0.2) is 24.3 Å². The van der Waals surface area contributed by atoms with Gasteiger partial charge in [0.05, 0.1) is 17.7 Å². The summed E-state index contributed by atoms with van der Waals surface area (Å²) in [6, 6.07) is 8.36. The van der Waals surface area contributed by atoms with E-state index >= 15 is 0 Å². The maximum absolute atomic E-state index is 6.50. The summed E-state index contributed by atoms with van der Waals surface area (Å²) in [5.41, 5.74) is 5.94. The number of hydrogen-bond donors (Lipinski definition) is 1. The maximum atomic E-state index is 6.50. The topological polar surface area (TPSA) is 38.5 Å². The van der Waals surface area contributed by atoms with Crippen molar-refractivity contribution in [3.63, 3.8) is 0 Å². The average Bonchev–Trinajstić information content (AvgIpc) is 2.76. The Morgan fingerprint density at radius 3 is 3.05 bits per heavy atom. The molecule has 0 spiro atoms. The molecule has 1 aromatic carbocycles. The van der Waals surface area contributed by atoms with Crippen LogP contribution in [0.1, 0.15) is 11.8 Å². The predicted molar refractivity (Wildman–Crippen MR) is 85.5 cm³/mol. The highest BCUT2D eigenvalue weighted by Gasteiger charge is 2.24. The van der Waals surface area contributed by atoms with Gasteiger partial charge in [-0.3, -0.25) is 4.90 Å². The molecule has 1 aromatic heterocycles. The standard InChI is InChI=1S/C15H19ClN2OS/c1-10(17)12-8-18(6-7-19-12)9-14-15(16)11-4-2-3-5-13(11)20-14/h2-5,10,12H,6-9,17H2,1H3. The van der Waals surface area contributed by atoms with Gasteiger partial charge >= 0.3 is 0 Å². The number of fused-ring (bicyclic) bond motifs is 1. The molecule has 5 heteroatoms. The minimum atomic E-state index is 0.0654. The Bertz CT molecular complexity index is 599. The summed E-state index contributed by atoms with van der Waals surface area (Å²) in [4.78, 5) is 3.62. The van der Waals surface area contributed by atoms with Crippen LogP contribution in [0, 0.1) is 0 Å². The van der Waals surface area contributed by atoms with Crippen molar-refractivity contribution in [2.24, 2.45) is 5.73 Å². The highest BCUT2D eigenvalue weighted by molar-refractivity contribution is 7.19. The van der Waals surface area contributed by atoms with Gasteiger partial charge in [0.25, 0.3) is 0 Å². The molecule has 1 fully saturated rings. The van der Waals surface area contributed by atoms with Crippen LogP contribution in [0.3, 0.4) is 0 Å². The van der Waals surface area contributed by atoms with Crippen molar-refractivity contribution in [1.29, 1.82) is 0 Å². The van der Waals surface area contributed by atoms with Gasteiger partial charge < -0.3 is 10.5 Å². The molecule has 2 heterocycles. The lowest BCUT2D eigenvalue weighted by molar-refractivity contribution is -0.0400. The lowest BCUT2D eigenvalue weighted by Gasteiger charge is -2.34. The second-order valence-corrected chi connectivity index (χ2v) is 6.85. The van der Waals surface area contributed by atoms with Gasteiger partial charge in [-0.15, -0.1) is 11.3 Å². The molecule has 1 aliphatic heterocycles. The minimum absolute atomic E-state index is 0.0654. The Kier molecular flexibility index (Phi) is 4.29. The maximum Gasteiger partial charge on any atom is 0.0850 e. The fraction of sp³-hybridized carbons (Fsp3) is 0.467. The molecule has 20 heavy (non-hydrogen) atoms. The second-order valence-electron chi connectivity index (χ2n) is 5.34. The number of ether oxygens (including phenoxy) is 1. The number of benzene rings is 1. The van der Waals surface area contributed by atoms with Crippen LogP contribution < -0.4 is 5.73 Å². The predicted octanol–water partition coefficient (Wildman–Crippen LogP) is 3.10. The Balaban J connectivity index is 1.77. The molecule has 1 aliphatic rings. The van der Waals surface area contributed by atoms with Crippen LogP contribution in [0.25, 0.3) is 10.1 Å². The first-order valence-corrected chi connectivity index (χ1v) is 8.10. The van der Waals surface area contributed by atoms with Gasteiger partial charge in [0.1, 0.15) is 0 Å². The summed E-state index contributed by atoms with van der Waals surface area (Å²) in [5.74, 6) is 0. The van der Waals surface area contributed by atoms with Gasteiger partial charge in [-0.05, 0) is 13.0 Å². The van der Waals surface area contributed by atoms with E-state index < -0.39 is 0 Å². The average molecular weight is 311 g/mol. The summed E-state index contributed by atoms with van der Waals surface area (Å²) < 4.78 is 6.95. The SMILES string of the molecule is CC(N)C1CN(Cc2sc3ccccc3c2Cl)CCO1. The molecule has 2 atom stereocenters. The summed E-state index contributed by atoms with van der Waals surface area (Å²) in [6.07, 6.45) is 0.122. The number of hydrogen-bond acceptors (Lipinski definition) is 4. The van der Waals surface area contributed by atoms with E-state index in [0.717, 1.165) is 36.7 Å². The van der Waals surface area contributed by atoms with Crippen LogP contribution in [0.4, 0.5) is 0 Å². The summed E-state index contributed by atoms with van der Waals surface area (Å²) in [7, 11) is 0. The molecule has 0 aliphatic carbocycles. The Labute approximate surface area is 128 Å². The van der Waals surface area contributed by atoms with Gasteiger partial charge in [-0.2, -0.15) is 0 Å². The normalized spacial score (nSPS) is 22.2. The smallest absolute Gasteiger partial charge is 0.0850 e. The molecule has 1 saturated heterocycles. The molecule has 108 valence electrons. The molecule has 0 radical (unpaired) electrons. The lowest BCUT2D eigenvalue weighted by atomic mass is 10.1. The first-order valence-electron chi connectivity index (χ1n) is 6.90. The zero-order chi connectivity index (χ0) is 14.1. The van der Waals surface area contributed by atoms with E-state index in [2.05, 4.69) is 23.1 Å². The molecule has 2 unspecified atom stereocenters. The molecule has 0 saturated carbocycles. The Morgan fingerprint density at radius 2 is 2.30 bits per heavy atom. The number of nitrogens with two attached hydrogens (primary N) is 1. The van der Waals surface area contributed by atoms with Gasteiger partial charge in [-0.25, -0.2) is 0 Å². The van der Waals surface area contributed by atoms with E-state index in [-0.39, 0.29) is 12.1 Å². The molecule has 0 bridgehead atoms. The minimum Gasteiger partial charge on any atom is -0.374 e. The van der Waals surface area contributed by atoms with E-state index in [1.54, 1.807) is 11.3 Å². The molecule has 3 rings (SSSR count). The summed E-state index contributed by atoms with van der Waals surface area (Å²) >= 11 is 8.28. The third-order valence-electron chi connectivity index (χ3n) is 3.73. The van der Waals surface area contributed by atoms with Crippen molar-refractivity contribution >= 4 is 33.0 Å². The van der Waals surface area contributed by atoms with Crippen LogP contribution in [-0.2, 0) is 11.3 Å². The van der Waals surface area contributed by atoms with Crippen LogP contribution in [0.2, 0.25) is 5.02 Å². The Hall–Kier alpha value is -0.650. The van der Waals surface area contributed by atoms with Gasteiger partial charge in [0, 0.05) is 40.6 Å². The van der Waals surface area contributed by atoms with Crippen LogP contribution >= 0.6 is 22.9 Å². The number of nitrogens with zero attached hydrogens (tertiary/aromatic N) is 1. The molecule has 0 amide bonds. The highest BCUT2D eigenvalue weighted by Crippen LogP contribution is 2.36. The summed E-state index contributed by atoms with van der Waals surface area (Å²) in [5, 5.41) is 2.06. The fourth-order valence-electron chi connectivity index (χ4n) is 2.56. The first-order chi connectivity index (χ1) is 9.65. The van der Waals surface area contributed by atoms with E-state index in [9.17, 15) is 0 Å². The first kappa shape index (κ1) is 14.3. The van der Waals surface area contributed by atoms with Crippen molar-refractivity contribution in [2.45, 2.75) is 25.6 Å². The fourth-order valence-corrected chi connectivity index (χ4v) is 4.10. The number of morpholine rings is 1. The highest BCUT2D eigenvalue weighted by atomic mass is 35.5. The molecular formula is C15H19ClN2OS. The van der Waals surface area contributed by atoms with E-state index in [1.165, 1.54) is 9.58 Å². The van der Waals surface area contributed by atoms with Crippen molar-refractivity contribution in [3.05, 3.63) is 34.2 Å². The zero-order valence-corrected chi connectivity index (χ0v) is 13.1. The molecular weight excluding hydrogens is 292 g/mol.